The molecule has 230 valence electrons. The molecular weight excluding hydrogens is 546 g/mol. The van der Waals surface area contributed by atoms with Crippen LogP contribution in [0.15, 0.2) is 0 Å². The van der Waals surface area contributed by atoms with E-state index in [0.717, 1.165) is 25.7 Å². The van der Waals surface area contributed by atoms with E-state index in [4.69, 9.17) is 4.84 Å². The van der Waals surface area contributed by atoms with E-state index in [9.17, 15) is 35.9 Å². The highest BCUT2D eigenvalue weighted by atomic mass is 19.4. The summed E-state index contributed by atoms with van der Waals surface area (Å²) in [7, 11) is 0. The van der Waals surface area contributed by atoms with E-state index in [-0.39, 0.29) is 36.2 Å². The Morgan fingerprint density at radius 1 is 0.950 bits per heavy atom. The topological polar surface area (TPSA) is 116 Å². The van der Waals surface area contributed by atoms with Crippen LogP contribution in [0.2, 0.25) is 0 Å². The molecule has 0 radical (unpaired) electrons. The number of amides is 2. The van der Waals surface area contributed by atoms with Gasteiger partial charge in [0.15, 0.2) is 0 Å². The van der Waals surface area contributed by atoms with Gasteiger partial charge in [0.2, 0.25) is 11.8 Å². The van der Waals surface area contributed by atoms with Gasteiger partial charge in [0.25, 0.3) is 0 Å². The number of hydrogen-bond acceptors (Lipinski definition) is 7. The molecule has 2 aliphatic carbocycles. The molecule has 0 spiro atoms. The normalized spacial score (nSPS) is 35.2. The van der Waals surface area contributed by atoms with Gasteiger partial charge >= 0.3 is 12.4 Å². The number of nitrogens with one attached hydrogen (secondary N) is 6. The summed E-state index contributed by atoms with van der Waals surface area (Å²) in [5, 5.41) is 9.21. The quantitative estimate of drug-likeness (QED) is 0.172. The molecule has 0 aromatic carbocycles. The fourth-order valence-electron chi connectivity index (χ4n) is 6.51. The van der Waals surface area contributed by atoms with Crippen molar-refractivity contribution in [1.82, 2.24) is 32.3 Å². The molecule has 4 rings (SSSR count). The van der Waals surface area contributed by atoms with Crippen molar-refractivity contribution >= 4 is 11.8 Å². The zero-order valence-corrected chi connectivity index (χ0v) is 22.3. The summed E-state index contributed by atoms with van der Waals surface area (Å²) in [4.78, 5) is 29.6. The van der Waals surface area contributed by atoms with Crippen LogP contribution < -0.4 is 32.3 Å². The molecule has 2 saturated heterocycles. The molecule has 0 bridgehead atoms. The number of hydrazine groups is 1. The van der Waals surface area contributed by atoms with E-state index in [0.29, 0.717) is 32.4 Å². The third kappa shape index (κ3) is 8.43. The van der Waals surface area contributed by atoms with Crippen LogP contribution in [-0.2, 0) is 14.4 Å². The Morgan fingerprint density at radius 3 is 2.35 bits per heavy atom. The van der Waals surface area contributed by atoms with Gasteiger partial charge < -0.3 is 10.6 Å². The van der Waals surface area contributed by atoms with E-state index >= 15 is 0 Å². The lowest BCUT2D eigenvalue weighted by Crippen LogP contribution is -2.64. The average Bonchev–Trinajstić information content (AvgIpc) is 3.37. The second-order valence-electron chi connectivity index (χ2n) is 11.5. The Kier molecular flexibility index (Phi) is 10.6. The standard InChI is InChI=1S/C25H40F6N6O3/c26-24(27,28)15-11-14(12-16(13-15)25(29,30)31)21-34-20(40-37-21)8-3-7-19(38)32-9-4-10-33-22-17-5-1-2-6-18(17)23(39)36-35-22/h14-18,20-22,33-35,37H,1-13H2,(H,32,38)(H,36,39). The van der Waals surface area contributed by atoms with Gasteiger partial charge in [0, 0.05) is 24.8 Å². The summed E-state index contributed by atoms with van der Waals surface area (Å²) in [6.07, 6.45) is -6.74. The smallest absolute Gasteiger partial charge is 0.356 e. The number of carbonyl (C=O) groups excluding carboxylic acids is 2. The lowest BCUT2D eigenvalue weighted by molar-refractivity contribution is -0.230. The Bertz CT molecular complexity index is 840. The maximum Gasteiger partial charge on any atom is 0.391 e. The molecule has 40 heavy (non-hydrogen) atoms. The summed E-state index contributed by atoms with van der Waals surface area (Å²) in [5.41, 5.74) is 8.36. The molecule has 6 N–H and O–H groups in total. The highest BCUT2D eigenvalue weighted by Gasteiger charge is 2.53. The summed E-state index contributed by atoms with van der Waals surface area (Å²) in [5.74, 6) is -4.71. The zero-order chi connectivity index (χ0) is 28.9. The number of hydroxylamine groups is 1. The predicted octanol–water partition coefficient (Wildman–Crippen LogP) is 2.95. The maximum absolute atomic E-state index is 13.3. The summed E-state index contributed by atoms with van der Waals surface area (Å²) < 4.78 is 79.6. The second-order valence-corrected chi connectivity index (χ2v) is 11.5. The minimum atomic E-state index is -4.69. The highest BCUT2D eigenvalue weighted by Crippen LogP contribution is 2.48. The Morgan fingerprint density at radius 2 is 1.65 bits per heavy atom. The van der Waals surface area contributed by atoms with Gasteiger partial charge in [0.05, 0.1) is 24.2 Å². The van der Waals surface area contributed by atoms with Crippen molar-refractivity contribution < 1.29 is 40.8 Å². The third-order valence-electron chi connectivity index (χ3n) is 8.69. The molecular formula is C25H40F6N6O3. The predicted molar refractivity (Wildman–Crippen MR) is 131 cm³/mol. The first-order valence-electron chi connectivity index (χ1n) is 14.3. The van der Waals surface area contributed by atoms with Crippen molar-refractivity contribution in [2.75, 3.05) is 13.1 Å². The van der Waals surface area contributed by atoms with Gasteiger partial charge in [-0.25, -0.2) is 5.43 Å². The van der Waals surface area contributed by atoms with Gasteiger partial charge in [0.1, 0.15) is 6.23 Å². The van der Waals surface area contributed by atoms with Crippen LogP contribution in [0.1, 0.15) is 70.6 Å². The van der Waals surface area contributed by atoms with Gasteiger partial charge in [-0.3, -0.25) is 25.2 Å². The third-order valence-corrected chi connectivity index (χ3v) is 8.69. The molecule has 4 aliphatic rings. The van der Waals surface area contributed by atoms with Crippen LogP contribution in [-0.4, -0.2) is 55.8 Å². The first-order chi connectivity index (χ1) is 18.9. The number of hydrogen-bond donors (Lipinski definition) is 6. The van der Waals surface area contributed by atoms with Crippen molar-refractivity contribution in [3.63, 3.8) is 0 Å². The van der Waals surface area contributed by atoms with Crippen LogP contribution in [0.25, 0.3) is 0 Å². The van der Waals surface area contributed by atoms with Gasteiger partial charge in [-0.1, -0.05) is 12.8 Å². The SMILES string of the molecule is O=C(CCCC1NC(C2CC(C(F)(F)F)CC(C(F)(F)F)C2)NO1)NCCCNC1NNC(=O)C2CCCCC12. The molecule has 2 amide bonds. The zero-order valence-electron chi connectivity index (χ0n) is 22.3. The van der Waals surface area contributed by atoms with Crippen molar-refractivity contribution in [3.8, 4) is 0 Å². The molecule has 2 aliphatic heterocycles. The molecule has 15 heteroatoms. The van der Waals surface area contributed by atoms with Crippen LogP contribution in [0.3, 0.4) is 0 Å². The highest BCUT2D eigenvalue weighted by molar-refractivity contribution is 5.79. The molecule has 0 aromatic heterocycles. The number of rotatable bonds is 10. The summed E-state index contributed by atoms with van der Waals surface area (Å²) in [6.45, 7) is 1.14. The molecule has 7 unspecified atom stereocenters. The molecule has 2 saturated carbocycles. The van der Waals surface area contributed by atoms with Crippen LogP contribution in [0, 0.1) is 29.6 Å². The Balaban J connectivity index is 1.09. The average molecular weight is 587 g/mol. The Hall–Kier alpha value is -1.68. The number of alkyl halides is 6. The largest absolute Gasteiger partial charge is 0.391 e. The first kappa shape index (κ1) is 31.3. The maximum atomic E-state index is 13.3. The number of halogens is 6. The lowest BCUT2D eigenvalue weighted by Gasteiger charge is -2.41. The van der Waals surface area contributed by atoms with Crippen molar-refractivity contribution in [3.05, 3.63) is 0 Å². The van der Waals surface area contributed by atoms with Gasteiger partial charge in [-0.15, -0.1) is 0 Å². The molecule has 0 aromatic rings. The minimum Gasteiger partial charge on any atom is -0.356 e. The van der Waals surface area contributed by atoms with Crippen molar-refractivity contribution in [2.24, 2.45) is 29.6 Å². The molecule has 7 atom stereocenters. The van der Waals surface area contributed by atoms with Crippen molar-refractivity contribution in [1.29, 1.82) is 0 Å². The fraction of sp³-hybridized carbons (Fsp3) is 0.920. The molecule has 4 fully saturated rings. The van der Waals surface area contributed by atoms with E-state index in [2.05, 4.69) is 32.3 Å². The van der Waals surface area contributed by atoms with E-state index in [1.807, 2.05) is 0 Å². The van der Waals surface area contributed by atoms with Gasteiger partial charge in [-0.05, 0) is 63.8 Å². The monoisotopic (exact) mass is 586 g/mol. The number of carbonyl (C=O) groups is 2. The van der Waals surface area contributed by atoms with Crippen LogP contribution >= 0.6 is 0 Å². The first-order valence-corrected chi connectivity index (χ1v) is 14.3. The van der Waals surface area contributed by atoms with E-state index < -0.39 is 61.8 Å². The Labute approximate surface area is 229 Å². The van der Waals surface area contributed by atoms with Crippen LogP contribution in [0.5, 0.6) is 0 Å². The second kappa shape index (κ2) is 13.5. The summed E-state index contributed by atoms with van der Waals surface area (Å²) in [6, 6.07) is 0. The van der Waals surface area contributed by atoms with E-state index in [1.54, 1.807) is 0 Å². The number of fused-ring (bicyclic) bond motifs is 1. The summed E-state index contributed by atoms with van der Waals surface area (Å²) >= 11 is 0. The fourth-order valence-corrected chi connectivity index (χ4v) is 6.51. The lowest BCUT2D eigenvalue weighted by atomic mass is 9.73. The van der Waals surface area contributed by atoms with Crippen LogP contribution in [0.4, 0.5) is 26.3 Å². The van der Waals surface area contributed by atoms with E-state index in [1.165, 1.54) is 0 Å². The van der Waals surface area contributed by atoms with Gasteiger partial charge in [-0.2, -0.15) is 31.8 Å². The molecule has 2 heterocycles. The minimum absolute atomic E-state index is 0.00218. The molecule has 9 nitrogen and oxygen atoms in total. The van der Waals surface area contributed by atoms with Crippen molar-refractivity contribution in [2.45, 2.75) is 102 Å².